The summed E-state index contributed by atoms with van der Waals surface area (Å²) in [5.41, 5.74) is 11.9. The van der Waals surface area contributed by atoms with Gasteiger partial charge < -0.3 is 13.7 Å². The minimum Gasteiger partial charge on any atom is -0.456 e. The van der Waals surface area contributed by atoms with E-state index in [1.54, 1.807) is 0 Å². The highest BCUT2D eigenvalue weighted by molar-refractivity contribution is 6.12. The maximum Gasteiger partial charge on any atom is 0.228 e. The Bertz CT molecular complexity index is 2480. The molecule has 0 saturated carbocycles. The van der Waals surface area contributed by atoms with Crippen LogP contribution in [0.2, 0.25) is 0 Å². The van der Waals surface area contributed by atoms with Gasteiger partial charge in [-0.2, -0.15) is 0 Å². The minimum atomic E-state index is 0.585. The van der Waals surface area contributed by atoms with Gasteiger partial charge in [-0.3, -0.25) is 0 Å². The molecule has 4 heteroatoms. The minimum absolute atomic E-state index is 0.585. The van der Waals surface area contributed by atoms with Crippen molar-refractivity contribution in [2.24, 2.45) is 0 Å². The molecule has 0 amide bonds. The molecule has 0 bridgehead atoms. The zero-order valence-corrected chi connectivity index (χ0v) is 25.4. The lowest BCUT2D eigenvalue weighted by Crippen LogP contribution is -2.10. The number of furan rings is 1. The molecule has 0 fully saturated rings. The summed E-state index contributed by atoms with van der Waals surface area (Å²) in [6.45, 7) is 0. The highest BCUT2D eigenvalue weighted by atomic mass is 16.3. The topological polar surface area (TPSA) is 42.4 Å². The number of para-hydroxylation sites is 2. The molecule has 0 atom stereocenters. The summed E-state index contributed by atoms with van der Waals surface area (Å²) in [7, 11) is 0. The lowest BCUT2D eigenvalue weighted by atomic mass is 10.0. The molecule has 222 valence electrons. The number of nitrogens with zero attached hydrogens (tertiary/aromatic N) is 2. The molecule has 0 aliphatic heterocycles. The SMILES string of the molecule is c1ccc(-c2ccc(N(c3cccc(-c4ccccc4)c3)c3ccc4c(c3)oc3cccc(-c5nc6ccccc6o5)c34)cc2)cc1. The van der Waals surface area contributed by atoms with E-state index in [4.69, 9.17) is 13.8 Å². The van der Waals surface area contributed by atoms with Crippen molar-refractivity contribution in [3.8, 4) is 33.7 Å². The normalized spacial score (nSPS) is 11.4. The van der Waals surface area contributed by atoms with Gasteiger partial charge in [0, 0.05) is 39.5 Å². The average molecular weight is 605 g/mol. The molecule has 4 nitrogen and oxygen atoms in total. The fraction of sp³-hybridized carbons (Fsp3) is 0. The summed E-state index contributed by atoms with van der Waals surface area (Å²) in [6, 6.07) is 58.7. The first-order chi connectivity index (χ1) is 23.3. The van der Waals surface area contributed by atoms with Crippen molar-refractivity contribution in [1.82, 2.24) is 4.98 Å². The molecule has 0 aliphatic rings. The maximum atomic E-state index is 6.53. The number of hydrogen-bond donors (Lipinski definition) is 0. The molecular formula is C43H28N2O2. The van der Waals surface area contributed by atoms with Gasteiger partial charge in [0.15, 0.2) is 5.58 Å². The van der Waals surface area contributed by atoms with Gasteiger partial charge in [-0.1, -0.05) is 103 Å². The van der Waals surface area contributed by atoms with Crippen LogP contribution in [0.3, 0.4) is 0 Å². The molecule has 9 rings (SSSR count). The van der Waals surface area contributed by atoms with Gasteiger partial charge >= 0.3 is 0 Å². The van der Waals surface area contributed by atoms with E-state index < -0.39 is 0 Å². The van der Waals surface area contributed by atoms with Crippen LogP contribution >= 0.6 is 0 Å². The monoisotopic (exact) mass is 604 g/mol. The second-order valence-corrected chi connectivity index (χ2v) is 11.6. The second-order valence-electron chi connectivity index (χ2n) is 11.6. The molecule has 0 N–H and O–H groups in total. The number of aromatic nitrogens is 1. The van der Waals surface area contributed by atoms with Gasteiger partial charge in [0.25, 0.3) is 0 Å². The predicted octanol–water partition coefficient (Wildman–Crippen LogP) is 12.2. The summed E-state index contributed by atoms with van der Waals surface area (Å²) in [4.78, 5) is 7.08. The highest BCUT2D eigenvalue weighted by Crippen LogP contribution is 2.42. The van der Waals surface area contributed by atoms with Crippen LogP contribution in [0.25, 0.3) is 66.7 Å². The Morgan fingerprint density at radius 3 is 1.81 bits per heavy atom. The van der Waals surface area contributed by atoms with Gasteiger partial charge in [0.05, 0.1) is 0 Å². The third-order valence-corrected chi connectivity index (χ3v) is 8.71. The summed E-state index contributed by atoms with van der Waals surface area (Å²) in [6.07, 6.45) is 0. The Morgan fingerprint density at radius 1 is 0.404 bits per heavy atom. The molecular weight excluding hydrogens is 576 g/mol. The number of rotatable bonds is 6. The van der Waals surface area contributed by atoms with Gasteiger partial charge in [-0.25, -0.2) is 4.98 Å². The van der Waals surface area contributed by atoms with Crippen molar-refractivity contribution in [2.45, 2.75) is 0 Å². The van der Waals surface area contributed by atoms with E-state index in [1.165, 1.54) is 16.7 Å². The summed E-state index contributed by atoms with van der Waals surface area (Å²) in [5, 5.41) is 2.00. The van der Waals surface area contributed by atoms with Gasteiger partial charge in [-0.05, 0) is 82.9 Å². The molecule has 2 aromatic heterocycles. The quantitative estimate of drug-likeness (QED) is 0.189. The molecule has 0 saturated heterocycles. The van der Waals surface area contributed by atoms with E-state index >= 15 is 0 Å². The van der Waals surface area contributed by atoms with Crippen molar-refractivity contribution in [2.75, 3.05) is 4.90 Å². The Hall–Kier alpha value is -6.39. The van der Waals surface area contributed by atoms with E-state index in [0.29, 0.717) is 5.89 Å². The van der Waals surface area contributed by atoms with E-state index in [9.17, 15) is 0 Å². The summed E-state index contributed by atoms with van der Waals surface area (Å²) in [5.74, 6) is 0.585. The maximum absolute atomic E-state index is 6.53. The fourth-order valence-corrected chi connectivity index (χ4v) is 6.46. The van der Waals surface area contributed by atoms with Gasteiger partial charge in [-0.15, -0.1) is 0 Å². The average Bonchev–Trinajstić information content (AvgIpc) is 3.75. The Labute approximate surface area is 271 Å². The second kappa shape index (κ2) is 11.2. The van der Waals surface area contributed by atoms with Crippen molar-refractivity contribution in [3.63, 3.8) is 0 Å². The predicted molar refractivity (Wildman–Crippen MR) is 192 cm³/mol. The van der Waals surface area contributed by atoms with Crippen LogP contribution < -0.4 is 4.90 Å². The van der Waals surface area contributed by atoms with Gasteiger partial charge in [0.2, 0.25) is 5.89 Å². The first-order valence-corrected chi connectivity index (χ1v) is 15.7. The molecule has 0 spiro atoms. The van der Waals surface area contributed by atoms with Gasteiger partial charge in [0.1, 0.15) is 16.7 Å². The van der Waals surface area contributed by atoms with Crippen LogP contribution in [-0.2, 0) is 0 Å². The molecule has 0 unspecified atom stereocenters. The van der Waals surface area contributed by atoms with E-state index in [1.807, 2.05) is 54.6 Å². The largest absolute Gasteiger partial charge is 0.456 e. The Balaban J connectivity index is 1.19. The zero-order chi connectivity index (χ0) is 31.2. The standard InChI is InChI=1S/C43H28N2O2/c1-3-11-29(12-4-1)31-21-23-33(24-22-31)45(34-16-9-15-32(27-34)30-13-5-2-6-14-30)35-25-26-36-41(28-35)46-40-20-10-17-37(42(36)40)43-44-38-18-7-8-19-39(38)47-43/h1-28H. The first kappa shape index (κ1) is 27.0. The first-order valence-electron chi connectivity index (χ1n) is 15.7. The molecule has 47 heavy (non-hydrogen) atoms. The highest BCUT2D eigenvalue weighted by Gasteiger charge is 2.20. The van der Waals surface area contributed by atoms with Crippen LogP contribution in [0.15, 0.2) is 179 Å². The van der Waals surface area contributed by atoms with E-state index in [2.05, 4.69) is 120 Å². The smallest absolute Gasteiger partial charge is 0.228 e. The number of oxazole rings is 1. The molecule has 0 radical (unpaired) electrons. The van der Waals surface area contributed by atoms with Crippen molar-refractivity contribution in [1.29, 1.82) is 0 Å². The third-order valence-electron chi connectivity index (χ3n) is 8.71. The zero-order valence-electron chi connectivity index (χ0n) is 25.4. The van der Waals surface area contributed by atoms with Crippen LogP contribution in [0.1, 0.15) is 0 Å². The number of fused-ring (bicyclic) bond motifs is 4. The summed E-state index contributed by atoms with van der Waals surface area (Å²) >= 11 is 0. The van der Waals surface area contributed by atoms with Crippen LogP contribution in [0.4, 0.5) is 17.1 Å². The Kier molecular flexibility index (Phi) is 6.43. The molecule has 7 aromatic carbocycles. The van der Waals surface area contributed by atoms with Crippen molar-refractivity contribution in [3.05, 3.63) is 170 Å². The lowest BCUT2D eigenvalue weighted by Gasteiger charge is -2.26. The van der Waals surface area contributed by atoms with Crippen LogP contribution in [-0.4, -0.2) is 4.98 Å². The summed E-state index contributed by atoms with van der Waals surface area (Å²) < 4.78 is 12.7. The fourth-order valence-electron chi connectivity index (χ4n) is 6.46. The van der Waals surface area contributed by atoms with Crippen LogP contribution in [0, 0.1) is 0 Å². The lowest BCUT2D eigenvalue weighted by molar-refractivity contribution is 0.620. The van der Waals surface area contributed by atoms with E-state index in [-0.39, 0.29) is 0 Å². The van der Waals surface area contributed by atoms with Crippen molar-refractivity contribution < 1.29 is 8.83 Å². The van der Waals surface area contributed by atoms with E-state index in [0.717, 1.165) is 61.2 Å². The third kappa shape index (κ3) is 4.84. The molecule has 9 aromatic rings. The number of hydrogen-bond acceptors (Lipinski definition) is 4. The molecule has 2 heterocycles. The van der Waals surface area contributed by atoms with Crippen LogP contribution in [0.5, 0.6) is 0 Å². The molecule has 0 aliphatic carbocycles. The number of benzene rings is 7. The number of anilines is 3. The van der Waals surface area contributed by atoms with Crippen molar-refractivity contribution >= 4 is 50.1 Å². The Morgan fingerprint density at radius 2 is 1.02 bits per heavy atom.